The van der Waals surface area contributed by atoms with Crippen LogP contribution in [0.15, 0.2) is 24.3 Å². The first kappa shape index (κ1) is 29.9. The number of morpholine rings is 1. The fraction of sp³-hybridized carbons (Fsp3) is 0.581. The minimum absolute atomic E-state index is 0.170. The number of nitrogens with zero attached hydrogens (tertiary/aromatic N) is 9. The second-order valence-corrected chi connectivity index (χ2v) is 11.3. The van der Waals surface area contributed by atoms with Crippen LogP contribution in [0, 0.1) is 0 Å². The van der Waals surface area contributed by atoms with Crippen molar-refractivity contribution in [1.82, 2.24) is 38.9 Å². The molecule has 0 atom stereocenters. The molecule has 0 N–H and O–H groups in total. The predicted molar refractivity (Wildman–Crippen MR) is 166 cm³/mol. The molecule has 0 radical (unpaired) electrons. The van der Waals surface area contributed by atoms with E-state index in [2.05, 4.69) is 45.8 Å². The van der Waals surface area contributed by atoms with E-state index in [9.17, 15) is 4.79 Å². The Morgan fingerprint density at radius 3 is 2.38 bits per heavy atom. The molecule has 226 valence electrons. The summed E-state index contributed by atoms with van der Waals surface area (Å²) in [7, 11) is 2.04. The van der Waals surface area contributed by atoms with Gasteiger partial charge >= 0.3 is 0 Å². The Kier molecular flexibility index (Phi) is 8.79. The van der Waals surface area contributed by atoms with Crippen LogP contribution >= 0.6 is 0 Å². The maximum atomic E-state index is 12.4. The van der Waals surface area contributed by atoms with Crippen LogP contribution in [-0.2, 0) is 29.5 Å². The summed E-state index contributed by atoms with van der Waals surface area (Å²) in [5.41, 5.74) is 3.37. The normalized spacial score (nSPS) is 17.5. The van der Waals surface area contributed by atoms with Crippen LogP contribution in [0.4, 0.5) is 5.82 Å². The lowest BCUT2D eigenvalue weighted by molar-refractivity contribution is -0.136. The van der Waals surface area contributed by atoms with Crippen LogP contribution in [-0.4, -0.2) is 96.3 Å². The van der Waals surface area contributed by atoms with Gasteiger partial charge < -0.3 is 19.1 Å². The van der Waals surface area contributed by atoms with E-state index in [4.69, 9.17) is 24.7 Å². The van der Waals surface area contributed by atoms with Crippen molar-refractivity contribution in [2.45, 2.75) is 66.5 Å². The third kappa shape index (κ3) is 5.47. The molecule has 2 saturated heterocycles. The van der Waals surface area contributed by atoms with Gasteiger partial charge in [-0.1, -0.05) is 39.8 Å². The van der Waals surface area contributed by atoms with Crippen LogP contribution in [0.2, 0.25) is 0 Å². The van der Waals surface area contributed by atoms with Gasteiger partial charge in [-0.05, 0) is 26.0 Å². The van der Waals surface area contributed by atoms with Crippen molar-refractivity contribution in [1.29, 1.82) is 0 Å². The van der Waals surface area contributed by atoms with Crippen LogP contribution in [0.5, 0.6) is 0 Å². The van der Waals surface area contributed by atoms with Gasteiger partial charge in [0.1, 0.15) is 11.6 Å². The molecule has 0 saturated carbocycles. The summed E-state index contributed by atoms with van der Waals surface area (Å²) < 4.78 is 9.84. The van der Waals surface area contributed by atoms with Gasteiger partial charge in [0, 0.05) is 58.2 Å². The number of hydrogen-bond acceptors (Lipinski definition) is 8. The first-order valence-electron chi connectivity index (χ1n) is 15.4. The molecule has 1 amide bonds. The maximum absolute atomic E-state index is 12.4. The number of carbonyl (C=O) groups excluding carboxylic acids is 1. The Hall–Kier alpha value is -3.57. The molecular weight excluding hydrogens is 530 g/mol. The van der Waals surface area contributed by atoms with Crippen LogP contribution in [0.25, 0.3) is 28.1 Å². The van der Waals surface area contributed by atoms with E-state index in [-0.39, 0.29) is 11.4 Å². The molecule has 6 rings (SSSR count). The lowest BCUT2D eigenvalue weighted by Gasteiger charge is -2.47. The smallest absolute Gasteiger partial charge is 0.239 e. The summed E-state index contributed by atoms with van der Waals surface area (Å²) in [4.78, 5) is 39.3. The zero-order chi connectivity index (χ0) is 30.0. The van der Waals surface area contributed by atoms with Gasteiger partial charge in [0.2, 0.25) is 11.9 Å². The molecule has 11 heteroatoms. The number of piperazine rings is 1. The number of fused-ring (bicyclic) bond motifs is 2. The highest BCUT2D eigenvalue weighted by molar-refractivity contribution is 5.86. The van der Waals surface area contributed by atoms with Crippen molar-refractivity contribution in [2.75, 3.05) is 50.8 Å². The van der Waals surface area contributed by atoms with E-state index >= 15 is 0 Å². The second kappa shape index (κ2) is 12.3. The molecule has 2 aliphatic heterocycles. The Bertz CT molecular complexity index is 1550. The van der Waals surface area contributed by atoms with Gasteiger partial charge in [-0.3, -0.25) is 14.3 Å². The minimum atomic E-state index is -0.170. The predicted octanol–water partition coefficient (Wildman–Crippen LogP) is 3.96. The quantitative estimate of drug-likeness (QED) is 0.341. The van der Waals surface area contributed by atoms with E-state index in [1.807, 2.05) is 50.9 Å². The monoisotopic (exact) mass is 575 g/mol. The number of aromatic nitrogens is 6. The Morgan fingerprint density at radius 1 is 0.952 bits per heavy atom. The number of aryl methyl sites for hydroxylation is 2. The Balaban J connectivity index is 0.00000173. The second-order valence-electron chi connectivity index (χ2n) is 11.3. The summed E-state index contributed by atoms with van der Waals surface area (Å²) in [5.74, 6) is 3.53. The van der Waals surface area contributed by atoms with Crippen molar-refractivity contribution >= 4 is 33.9 Å². The highest BCUT2D eigenvalue weighted by atomic mass is 16.5. The van der Waals surface area contributed by atoms with Crippen molar-refractivity contribution in [3.63, 3.8) is 0 Å². The average Bonchev–Trinajstić information content (AvgIpc) is 3.55. The number of benzene rings is 1. The van der Waals surface area contributed by atoms with Gasteiger partial charge in [-0.2, -0.15) is 9.97 Å². The number of ether oxygens (including phenoxy) is 1. The SMILES string of the molecule is CC.CCC(=O)N1CCN(Cc2nc3c(N4CCOCC4)nc(-n4c(CC)nc5ccccc54)nc3n2C)C(C)(C)C1. The van der Waals surface area contributed by atoms with Gasteiger partial charge in [-0.25, -0.2) is 9.97 Å². The number of amides is 1. The van der Waals surface area contributed by atoms with E-state index in [0.29, 0.717) is 38.7 Å². The average molecular weight is 576 g/mol. The molecule has 11 nitrogen and oxygen atoms in total. The first-order chi connectivity index (χ1) is 20.3. The molecule has 0 unspecified atom stereocenters. The minimum Gasteiger partial charge on any atom is -0.378 e. The zero-order valence-electron chi connectivity index (χ0n) is 26.2. The van der Waals surface area contributed by atoms with Crippen LogP contribution < -0.4 is 4.90 Å². The molecule has 5 heterocycles. The number of carbonyl (C=O) groups is 1. The summed E-state index contributed by atoms with van der Waals surface area (Å²) in [6.07, 6.45) is 1.30. The van der Waals surface area contributed by atoms with Crippen molar-refractivity contribution < 1.29 is 9.53 Å². The fourth-order valence-corrected chi connectivity index (χ4v) is 5.94. The molecule has 4 aromatic rings. The Morgan fingerprint density at radius 2 is 1.69 bits per heavy atom. The molecule has 2 aliphatic rings. The summed E-state index contributed by atoms with van der Waals surface area (Å²) in [6.45, 7) is 18.2. The highest BCUT2D eigenvalue weighted by Gasteiger charge is 2.36. The number of para-hydroxylation sites is 2. The van der Waals surface area contributed by atoms with E-state index in [1.165, 1.54) is 0 Å². The van der Waals surface area contributed by atoms with E-state index < -0.39 is 0 Å². The third-order valence-electron chi connectivity index (χ3n) is 8.30. The van der Waals surface area contributed by atoms with E-state index in [0.717, 1.165) is 72.3 Å². The molecule has 1 aromatic carbocycles. The third-order valence-corrected chi connectivity index (χ3v) is 8.30. The fourth-order valence-electron chi connectivity index (χ4n) is 5.94. The van der Waals surface area contributed by atoms with Gasteiger partial charge in [0.15, 0.2) is 17.0 Å². The molecule has 2 fully saturated rings. The molecule has 0 spiro atoms. The van der Waals surface area contributed by atoms with Gasteiger partial charge in [0.05, 0.1) is 30.8 Å². The first-order valence-corrected chi connectivity index (χ1v) is 15.4. The van der Waals surface area contributed by atoms with Gasteiger partial charge in [0.25, 0.3) is 0 Å². The van der Waals surface area contributed by atoms with E-state index in [1.54, 1.807) is 0 Å². The standard InChI is InChI=1S/C29H39N9O2.C2H6/c1-6-22-30-20-10-8-9-11-21(20)38(22)28-32-26-25(27(33-28)35-14-16-40-17-15-35)31-23(34(26)5)18-37-13-12-36(24(39)7-2)19-29(37,3)4;1-2/h8-11H,6-7,12-19H2,1-5H3;1-2H3. The number of rotatable bonds is 6. The lowest BCUT2D eigenvalue weighted by atomic mass is 9.98. The van der Waals surface area contributed by atoms with Crippen molar-refractivity contribution in [3.05, 3.63) is 35.9 Å². The number of hydrogen-bond donors (Lipinski definition) is 0. The van der Waals surface area contributed by atoms with Crippen LogP contribution in [0.3, 0.4) is 0 Å². The molecule has 42 heavy (non-hydrogen) atoms. The Labute approximate surface area is 248 Å². The molecular formula is C31H45N9O2. The maximum Gasteiger partial charge on any atom is 0.239 e. The highest BCUT2D eigenvalue weighted by Crippen LogP contribution is 2.30. The summed E-state index contributed by atoms with van der Waals surface area (Å²) in [6, 6.07) is 8.14. The largest absolute Gasteiger partial charge is 0.378 e. The lowest BCUT2D eigenvalue weighted by Crippen LogP contribution is -2.60. The number of anilines is 1. The summed E-state index contributed by atoms with van der Waals surface area (Å²) in [5, 5.41) is 0. The summed E-state index contributed by atoms with van der Waals surface area (Å²) >= 11 is 0. The topological polar surface area (TPSA) is 97.4 Å². The van der Waals surface area contributed by atoms with Crippen molar-refractivity contribution in [3.8, 4) is 5.95 Å². The molecule has 3 aromatic heterocycles. The molecule has 0 bridgehead atoms. The number of imidazole rings is 2. The van der Waals surface area contributed by atoms with Crippen molar-refractivity contribution in [2.24, 2.45) is 7.05 Å². The zero-order valence-corrected chi connectivity index (χ0v) is 26.2. The van der Waals surface area contributed by atoms with Crippen LogP contribution in [0.1, 0.15) is 59.6 Å². The molecule has 0 aliphatic carbocycles. The van der Waals surface area contributed by atoms with Gasteiger partial charge in [-0.15, -0.1) is 0 Å².